The molecule has 2 heterocycles. The van der Waals surface area contributed by atoms with Gasteiger partial charge >= 0.3 is 12.3 Å². The highest BCUT2D eigenvalue weighted by atomic mass is 32.2. The maximum Gasteiger partial charge on any atom is 0.511 e. The average Bonchev–Trinajstić information content (AvgIpc) is 3.37. The normalized spacial score (nSPS) is 14.9. The number of nitrogens with zero attached hydrogens (tertiary/aromatic N) is 5. The first-order chi connectivity index (χ1) is 21.0. The predicted molar refractivity (Wildman–Crippen MR) is 148 cm³/mol. The number of hydrazine groups is 1. The molecule has 1 N–H and O–H groups in total. The van der Waals surface area contributed by atoms with E-state index in [2.05, 4.69) is 10.4 Å². The Morgan fingerprint density at radius 1 is 1.07 bits per heavy atom. The highest BCUT2D eigenvalue weighted by Gasteiger charge is 2.40. The van der Waals surface area contributed by atoms with Crippen molar-refractivity contribution in [1.82, 2.24) is 19.5 Å². The summed E-state index contributed by atoms with van der Waals surface area (Å²) in [6, 6.07) is 12.4. The van der Waals surface area contributed by atoms with Gasteiger partial charge in [0.05, 0.1) is 46.4 Å². The fourth-order valence-corrected chi connectivity index (χ4v) is 5.03. The van der Waals surface area contributed by atoms with E-state index in [1.165, 1.54) is 19.1 Å². The number of sulfonamides is 1. The third-order valence-electron chi connectivity index (χ3n) is 6.31. The van der Waals surface area contributed by atoms with Crippen LogP contribution < -0.4 is 4.72 Å². The number of aryl methyl sites for hydroxylation is 1. The second kappa shape index (κ2) is 13.0. The molecule has 0 spiro atoms. The van der Waals surface area contributed by atoms with Gasteiger partial charge in [-0.25, -0.2) is 22.6 Å². The molecule has 1 saturated heterocycles. The minimum atomic E-state index is -4.71. The standard InChI is InChI=1S/C27H29F3N6O8S/c1-16(2)42-26(38)43-18(4)44-33-36(39)34-14-20(15-34)25(37)32-45(40,41)22-11-9-21(10-12-22)35-23(13-24(31-35)27(28,29)30)19-7-5-17(3)6-8-19/h5-13,16,18,20H,14-15H2,1-4H3,(H,32,37)/b36-33-. The monoisotopic (exact) mass is 654 g/mol. The number of hydrogen-bond donors (Lipinski definition) is 1. The summed E-state index contributed by atoms with van der Waals surface area (Å²) in [6.45, 7) is 5.96. The van der Waals surface area contributed by atoms with Crippen LogP contribution in [0.25, 0.3) is 16.9 Å². The summed E-state index contributed by atoms with van der Waals surface area (Å²) in [5.41, 5.74) is 0.540. The predicted octanol–water partition coefficient (Wildman–Crippen LogP) is 4.32. The topological polar surface area (TPSA) is 167 Å². The summed E-state index contributed by atoms with van der Waals surface area (Å²) in [6.07, 6.45) is -7.42. The van der Waals surface area contributed by atoms with Crippen molar-refractivity contribution in [3.8, 4) is 16.9 Å². The molecule has 2 aromatic carbocycles. The first kappa shape index (κ1) is 33.0. The van der Waals surface area contributed by atoms with Gasteiger partial charge in [0.15, 0.2) is 5.69 Å². The van der Waals surface area contributed by atoms with Crippen LogP contribution in [0.2, 0.25) is 0 Å². The van der Waals surface area contributed by atoms with E-state index in [0.29, 0.717) is 5.56 Å². The molecule has 0 saturated carbocycles. The fourth-order valence-electron chi connectivity index (χ4n) is 3.98. The summed E-state index contributed by atoms with van der Waals surface area (Å²) in [5, 5.41) is 20.0. The number of carbonyl (C=O) groups excluding carboxylic acids is 2. The Morgan fingerprint density at radius 2 is 1.69 bits per heavy atom. The molecule has 4 rings (SSSR count). The van der Waals surface area contributed by atoms with Crippen molar-refractivity contribution in [2.45, 2.75) is 51.2 Å². The Labute approximate surface area is 255 Å². The van der Waals surface area contributed by atoms with Gasteiger partial charge in [0, 0.05) is 12.5 Å². The quantitative estimate of drug-likeness (QED) is 0.109. The van der Waals surface area contributed by atoms with Crippen molar-refractivity contribution in [3.05, 3.63) is 71.1 Å². The zero-order valence-electron chi connectivity index (χ0n) is 24.4. The van der Waals surface area contributed by atoms with E-state index in [0.717, 1.165) is 33.5 Å². The Bertz CT molecular complexity index is 1670. The molecule has 242 valence electrons. The highest BCUT2D eigenvalue weighted by molar-refractivity contribution is 7.90. The summed E-state index contributed by atoms with van der Waals surface area (Å²) in [7, 11) is -4.37. The van der Waals surface area contributed by atoms with E-state index >= 15 is 0 Å². The lowest BCUT2D eigenvalue weighted by molar-refractivity contribution is -0.727. The van der Waals surface area contributed by atoms with Crippen molar-refractivity contribution in [1.29, 1.82) is 0 Å². The molecule has 0 bridgehead atoms. The van der Waals surface area contributed by atoms with Crippen molar-refractivity contribution in [2.75, 3.05) is 13.1 Å². The number of alkyl halides is 3. The van der Waals surface area contributed by atoms with E-state index in [-0.39, 0.29) is 34.3 Å². The molecular weight excluding hydrogens is 625 g/mol. The van der Waals surface area contributed by atoms with Crippen LogP contribution in [-0.2, 0) is 35.3 Å². The Morgan fingerprint density at radius 3 is 2.27 bits per heavy atom. The number of benzene rings is 2. The van der Waals surface area contributed by atoms with E-state index in [1.54, 1.807) is 38.1 Å². The first-order valence-corrected chi connectivity index (χ1v) is 14.9. The van der Waals surface area contributed by atoms with Crippen LogP contribution in [0.3, 0.4) is 0 Å². The molecule has 1 amide bonds. The van der Waals surface area contributed by atoms with Gasteiger partial charge in [0.2, 0.25) is 11.2 Å². The average molecular weight is 655 g/mol. The molecule has 3 aromatic rings. The Kier molecular flexibility index (Phi) is 9.55. The van der Waals surface area contributed by atoms with E-state index in [1.807, 2.05) is 11.6 Å². The van der Waals surface area contributed by atoms with Crippen LogP contribution in [0.15, 0.2) is 64.8 Å². The molecule has 1 aliphatic heterocycles. The van der Waals surface area contributed by atoms with Gasteiger partial charge < -0.3 is 14.7 Å². The lowest BCUT2D eigenvalue weighted by atomic mass is 10.0. The molecule has 45 heavy (non-hydrogen) atoms. The number of carbonyl (C=O) groups is 2. The summed E-state index contributed by atoms with van der Waals surface area (Å²) >= 11 is 0. The third kappa shape index (κ3) is 8.20. The minimum Gasteiger partial charge on any atom is -0.569 e. The number of amides is 1. The van der Waals surface area contributed by atoms with Gasteiger partial charge in [-0.1, -0.05) is 29.8 Å². The second-order valence-electron chi connectivity index (χ2n) is 10.3. The lowest BCUT2D eigenvalue weighted by Gasteiger charge is -2.32. The van der Waals surface area contributed by atoms with Crippen molar-refractivity contribution < 1.29 is 50.5 Å². The zero-order valence-corrected chi connectivity index (χ0v) is 25.2. The van der Waals surface area contributed by atoms with Crippen molar-refractivity contribution >= 4 is 22.1 Å². The van der Waals surface area contributed by atoms with Crippen LogP contribution in [-0.4, -0.2) is 65.7 Å². The first-order valence-electron chi connectivity index (χ1n) is 13.4. The van der Waals surface area contributed by atoms with Crippen LogP contribution >= 0.6 is 0 Å². The van der Waals surface area contributed by atoms with Gasteiger partial charge in [0.25, 0.3) is 16.3 Å². The minimum absolute atomic E-state index is 0.0228. The van der Waals surface area contributed by atoms with Crippen LogP contribution in [0, 0.1) is 18.0 Å². The number of rotatable bonds is 10. The zero-order chi connectivity index (χ0) is 33.1. The van der Waals surface area contributed by atoms with E-state index in [9.17, 15) is 36.4 Å². The molecule has 1 aliphatic rings. The van der Waals surface area contributed by atoms with Crippen LogP contribution in [0.5, 0.6) is 0 Å². The number of halogens is 3. The molecular formula is C27H29F3N6O8S. The van der Waals surface area contributed by atoms with E-state index in [4.69, 9.17) is 14.3 Å². The maximum atomic E-state index is 13.5. The van der Waals surface area contributed by atoms with Crippen LogP contribution in [0.1, 0.15) is 32.0 Å². The molecule has 1 atom stereocenters. The van der Waals surface area contributed by atoms with Gasteiger partial charge in [-0.15, -0.1) is 5.01 Å². The number of ether oxygens (including phenoxy) is 2. The number of aromatic nitrogens is 2. The van der Waals surface area contributed by atoms with Gasteiger partial charge in [0.1, 0.15) is 0 Å². The van der Waals surface area contributed by atoms with Gasteiger partial charge in [-0.3, -0.25) is 9.63 Å². The van der Waals surface area contributed by atoms with E-state index < -0.39 is 52.3 Å². The molecule has 14 nitrogen and oxygen atoms in total. The van der Waals surface area contributed by atoms with Crippen molar-refractivity contribution in [3.63, 3.8) is 0 Å². The largest absolute Gasteiger partial charge is 0.569 e. The maximum absolute atomic E-state index is 13.5. The summed E-state index contributed by atoms with van der Waals surface area (Å²) in [5.74, 6) is -1.77. The molecule has 0 aliphatic carbocycles. The summed E-state index contributed by atoms with van der Waals surface area (Å²) < 4.78 is 78.6. The SMILES string of the molecule is Cc1ccc(-c2cc(C(F)(F)F)nn2-c2ccc(S(=O)(=O)NC(=O)C3CN(/[N+]([O-])=N/OC(C)OC(=O)OC(C)C)C3)cc2)cc1. The highest BCUT2D eigenvalue weighted by Crippen LogP contribution is 2.33. The van der Waals surface area contributed by atoms with Crippen LogP contribution in [0.4, 0.5) is 18.0 Å². The third-order valence-corrected chi connectivity index (χ3v) is 7.67. The van der Waals surface area contributed by atoms with Gasteiger partial charge in [-0.2, -0.15) is 18.3 Å². The molecule has 1 fully saturated rings. The second-order valence-corrected chi connectivity index (χ2v) is 11.9. The Balaban J connectivity index is 1.38. The molecule has 18 heteroatoms. The number of nitrogens with one attached hydrogen (secondary N) is 1. The molecule has 1 unspecified atom stereocenters. The van der Waals surface area contributed by atoms with Gasteiger partial charge in [-0.05, 0) is 51.1 Å². The lowest BCUT2D eigenvalue weighted by Crippen LogP contribution is -2.56. The summed E-state index contributed by atoms with van der Waals surface area (Å²) in [4.78, 5) is 28.5. The number of hydrogen-bond acceptors (Lipinski definition) is 10. The Hall–Kier alpha value is -4.87. The fraction of sp³-hybridized carbons (Fsp3) is 0.370. The van der Waals surface area contributed by atoms with Crippen molar-refractivity contribution in [2.24, 2.45) is 11.2 Å². The molecule has 0 radical (unpaired) electrons. The smallest absolute Gasteiger partial charge is 0.511 e. The molecule has 1 aromatic heterocycles.